The van der Waals surface area contributed by atoms with E-state index in [-0.39, 0.29) is 15.6 Å². The fourth-order valence-corrected chi connectivity index (χ4v) is 3.32. The molecular formula is C10H8N2O4S2. The molecule has 1 aromatic heterocycles. The van der Waals surface area contributed by atoms with Gasteiger partial charge in [0.15, 0.2) is 0 Å². The number of nitrogens with one attached hydrogen (secondary N) is 1. The molecule has 0 atom stereocenters. The summed E-state index contributed by atoms with van der Waals surface area (Å²) in [5.74, 6) is 0. The molecular weight excluding hydrogens is 276 g/mol. The van der Waals surface area contributed by atoms with E-state index in [2.05, 4.69) is 4.72 Å². The molecule has 2 aromatic rings. The monoisotopic (exact) mass is 284 g/mol. The van der Waals surface area contributed by atoms with Crippen LogP contribution in [0.15, 0.2) is 46.0 Å². The van der Waals surface area contributed by atoms with Crippen molar-refractivity contribution in [3.8, 4) is 0 Å². The molecule has 94 valence electrons. The summed E-state index contributed by atoms with van der Waals surface area (Å²) in [6, 6.07) is 8.30. The molecule has 1 aromatic carbocycles. The zero-order valence-electron chi connectivity index (χ0n) is 8.94. The molecule has 0 saturated carbocycles. The van der Waals surface area contributed by atoms with Crippen LogP contribution in [0, 0.1) is 10.1 Å². The summed E-state index contributed by atoms with van der Waals surface area (Å²) < 4.78 is 26.2. The van der Waals surface area contributed by atoms with Crippen molar-refractivity contribution in [1.82, 2.24) is 0 Å². The van der Waals surface area contributed by atoms with Gasteiger partial charge in [-0.3, -0.25) is 14.8 Å². The van der Waals surface area contributed by atoms with Gasteiger partial charge in [0.05, 0.1) is 4.92 Å². The molecule has 8 heteroatoms. The van der Waals surface area contributed by atoms with Crippen molar-refractivity contribution in [3.05, 3.63) is 51.9 Å². The number of anilines is 1. The molecule has 0 bridgehead atoms. The molecule has 0 unspecified atom stereocenters. The first kappa shape index (κ1) is 12.5. The lowest BCUT2D eigenvalue weighted by Crippen LogP contribution is -2.11. The highest BCUT2D eigenvalue weighted by molar-refractivity contribution is 7.94. The highest BCUT2D eigenvalue weighted by Crippen LogP contribution is 2.21. The summed E-state index contributed by atoms with van der Waals surface area (Å²) in [5, 5.41) is 12.1. The Balaban J connectivity index is 2.22. The summed E-state index contributed by atoms with van der Waals surface area (Å²) in [6.07, 6.45) is 0. The highest BCUT2D eigenvalue weighted by atomic mass is 32.2. The Labute approximate surface area is 107 Å². The minimum atomic E-state index is -3.60. The maximum atomic E-state index is 11.8. The molecule has 0 saturated heterocycles. The Morgan fingerprint density at radius 1 is 1.17 bits per heavy atom. The van der Waals surface area contributed by atoms with Crippen molar-refractivity contribution in [2.24, 2.45) is 0 Å². The van der Waals surface area contributed by atoms with Gasteiger partial charge in [0.25, 0.3) is 15.7 Å². The van der Waals surface area contributed by atoms with Crippen LogP contribution in [0.5, 0.6) is 0 Å². The van der Waals surface area contributed by atoms with E-state index in [0.29, 0.717) is 0 Å². The topological polar surface area (TPSA) is 89.3 Å². The summed E-state index contributed by atoms with van der Waals surface area (Å²) in [6.45, 7) is 0. The SMILES string of the molecule is O=[N+]([O-])c1ccc(NS(=O)(=O)c2cccs2)cc1. The third-order valence-electron chi connectivity index (χ3n) is 2.09. The van der Waals surface area contributed by atoms with Crippen molar-refractivity contribution in [3.63, 3.8) is 0 Å². The fraction of sp³-hybridized carbons (Fsp3) is 0. The van der Waals surface area contributed by atoms with Gasteiger partial charge in [-0.15, -0.1) is 11.3 Å². The number of nitrogens with zero attached hydrogens (tertiary/aromatic N) is 1. The molecule has 0 aliphatic rings. The van der Waals surface area contributed by atoms with Crippen molar-refractivity contribution >= 4 is 32.7 Å². The Morgan fingerprint density at radius 2 is 1.83 bits per heavy atom. The van der Waals surface area contributed by atoms with Crippen LogP contribution in [0.25, 0.3) is 0 Å². The Morgan fingerprint density at radius 3 is 2.33 bits per heavy atom. The van der Waals surface area contributed by atoms with E-state index in [1.807, 2.05) is 0 Å². The lowest BCUT2D eigenvalue weighted by molar-refractivity contribution is -0.384. The van der Waals surface area contributed by atoms with E-state index in [1.165, 1.54) is 30.3 Å². The summed E-state index contributed by atoms with van der Waals surface area (Å²) in [5.41, 5.74) is 0.197. The molecule has 0 aliphatic heterocycles. The number of thiophene rings is 1. The number of non-ortho nitro benzene ring substituents is 1. The number of rotatable bonds is 4. The van der Waals surface area contributed by atoms with E-state index < -0.39 is 14.9 Å². The van der Waals surface area contributed by atoms with Gasteiger partial charge in [0, 0.05) is 17.8 Å². The number of sulfonamides is 1. The first-order valence-electron chi connectivity index (χ1n) is 4.80. The Kier molecular flexibility index (Phi) is 3.30. The van der Waals surface area contributed by atoms with Gasteiger partial charge < -0.3 is 0 Å². The average molecular weight is 284 g/mol. The number of benzene rings is 1. The van der Waals surface area contributed by atoms with Crippen LogP contribution in [0.2, 0.25) is 0 Å². The molecule has 0 aliphatic carbocycles. The summed E-state index contributed by atoms with van der Waals surface area (Å²) in [7, 11) is -3.60. The molecule has 0 spiro atoms. The lowest BCUT2D eigenvalue weighted by Gasteiger charge is -2.05. The van der Waals surface area contributed by atoms with Gasteiger partial charge in [-0.2, -0.15) is 0 Å². The minimum Gasteiger partial charge on any atom is -0.279 e. The second-order valence-electron chi connectivity index (χ2n) is 3.34. The van der Waals surface area contributed by atoms with E-state index in [0.717, 1.165) is 11.3 Å². The first-order chi connectivity index (χ1) is 8.49. The van der Waals surface area contributed by atoms with Crippen LogP contribution in [-0.2, 0) is 10.0 Å². The average Bonchev–Trinajstić information content (AvgIpc) is 2.83. The zero-order valence-corrected chi connectivity index (χ0v) is 10.6. The summed E-state index contributed by atoms with van der Waals surface area (Å²) in [4.78, 5) is 9.91. The molecule has 0 fully saturated rings. The fourth-order valence-electron chi connectivity index (χ4n) is 1.27. The van der Waals surface area contributed by atoms with Crippen LogP contribution in [0.1, 0.15) is 0 Å². The van der Waals surface area contributed by atoms with E-state index in [4.69, 9.17) is 0 Å². The van der Waals surface area contributed by atoms with Gasteiger partial charge in [0.1, 0.15) is 4.21 Å². The van der Waals surface area contributed by atoms with Crippen molar-refractivity contribution < 1.29 is 13.3 Å². The van der Waals surface area contributed by atoms with Gasteiger partial charge in [-0.1, -0.05) is 6.07 Å². The van der Waals surface area contributed by atoms with Crippen LogP contribution in [0.3, 0.4) is 0 Å². The van der Waals surface area contributed by atoms with Crippen molar-refractivity contribution in [2.45, 2.75) is 4.21 Å². The maximum Gasteiger partial charge on any atom is 0.271 e. The molecule has 1 heterocycles. The van der Waals surface area contributed by atoms with Gasteiger partial charge in [-0.05, 0) is 23.6 Å². The zero-order chi connectivity index (χ0) is 13.2. The predicted octanol–water partition coefficient (Wildman–Crippen LogP) is 2.46. The lowest BCUT2D eigenvalue weighted by atomic mass is 10.3. The van der Waals surface area contributed by atoms with Crippen molar-refractivity contribution in [1.29, 1.82) is 0 Å². The van der Waals surface area contributed by atoms with Crippen LogP contribution in [-0.4, -0.2) is 13.3 Å². The van der Waals surface area contributed by atoms with E-state index in [1.54, 1.807) is 11.4 Å². The van der Waals surface area contributed by atoms with Crippen LogP contribution in [0.4, 0.5) is 11.4 Å². The third kappa shape index (κ3) is 2.66. The van der Waals surface area contributed by atoms with E-state index in [9.17, 15) is 18.5 Å². The number of hydrogen-bond donors (Lipinski definition) is 1. The summed E-state index contributed by atoms with van der Waals surface area (Å²) >= 11 is 1.10. The number of hydrogen-bond acceptors (Lipinski definition) is 5. The van der Waals surface area contributed by atoms with E-state index >= 15 is 0 Å². The molecule has 0 amide bonds. The van der Waals surface area contributed by atoms with Crippen LogP contribution >= 0.6 is 11.3 Å². The molecule has 0 radical (unpaired) electrons. The Bertz CT molecular complexity index is 648. The molecule has 1 N–H and O–H groups in total. The third-order valence-corrected chi connectivity index (χ3v) is 4.87. The minimum absolute atomic E-state index is 0.0888. The Hall–Kier alpha value is -1.93. The number of nitro groups is 1. The largest absolute Gasteiger partial charge is 0.279 e. The van der Waals surface area contributed by atoms with Crippen LogP contribution < -0.4 is 4.72 Å². The first-order valence-corrected chi connectivity index (χ1v) is 7.16. The molecule has 6 nitrogen and oxygen atoms in total. The second kappa shape index (κ2) is 4.75. The molecule has 2 rings (SSSR count). The number of nitro benzene ring substituents is 1. The second-order valence-corrected chi connectivity index (χ2v) is 6.20. The van der Waals surface area contributed by atoms with Gasteiger partial charge in [-0.25, -0.2) is 8.42 Å². The predicted molar refractivity (Wildman–Crippen MR) is 68.2 cm³/mol. The smallest absolute Gasteiger partial charge is 0.271 e. The maximum absolute atomic E-state index is 11.8. The standard InChI is InChI=1S/C10H8N2O4S2/c13-12(14)9-5-3-8(4-6-9)11-18(15,16)10-2-1-7-17-10/h1-7,11H. The quantitative estimate of drug-likeness (QED) is 0.689. The molecule has 18 heavy (non-hydrogen) atoms. The van der Waals surface area contributed by atoms with Crippen molar-refractivity contribution in [2.75, 3.05) is 4.72 Å². The normalized spacial score (nSPS) is 11.1. The van der Waals surface area contributed by atoms with Gasteiger partial charge in [0.2, 0.25) is 0 Å². The van der Waals surface area contributed by atoms with Gasteiger partial charge >= 0.3 is 0 Å². The highest BCUT2D eigenvalue weighted by Gasteiger charge is 2.15.